The first-order chi connectivity index (χ1) is 9.77. The number of benzene rings is 2. The summed E-state index contributed by atoms with van der Waals surface area (Å²) in [6, 6.07) is 17.6. The van der Waals surface area contributed by atoms with Gasteiger partial charge in [0.2, 0.25) is 0 Å². The molecule has 0 saturated heterocycles. The van der Waals surface area contributed by atoms with Gasteiger partial charge in [-0.25, -0.2) is 0 Å². The topological polar surface area (TPSA) is 38.3 Å². The standard InChI is InChI=1S/C8H10BrN.C8H8O2/c1-2-10-8-6-4-3-5-7(8)9;9-7-10-6-8-4-2-1-3-5-8/h3-6,10H,2H2,1H3;1-5,7H,6H2. The molecule has 2 rings (SSSR count). The van der Waals surface area contributed by atoms with E-state index in [1.165, 1.54) is 0 Å². The maximum Gasteiger partial charge on any atom is 0.293 e. The summed E-state index contributed by atoms with van der Waals surface area (Å²) in [4.78, 5) is 9.76. The van der Waals surface area contributed by atoms with E-state index >= 15 is 0 Å². The second kappa shape index (κ2) is 10.0. The molecule has 0 fully saturated rings. The summed E-state index contributed by atoms with van der Waals surface area (Å²) in [6.45, 7) is 3.86. The van der Waals surface area contributed by atoms with Crippen molar-refractivity contribution < 1.29 is 9.53 Å². The third-order valence-corrected chi connectivity index (χ3v) is 3.09. The van der Waals surface area contributed by atoms with Crippen LogP contribution in [-0.4, -0.2) is 13.0 Å². The van der Waals surface area contributed by atoms with Crippen LogP contribution in [0.4, 0.5) is 5.69 Å². The molecule has 2 aromatic rings. The van der Waals surface area contributed by atoms with Crippen molar-refractivity contribution in [1.29, 1.82) is 0 Å². The highest BCUT2D eigenvalue weighted by molar-refractivity contribution is 9.10. The molecule has 0 atom stereocenters. The van der Waals surface area contributed by atoms with Crippen LogP contribution in [0.5, 0.6) is 0 Å². The zero-order chi connectivity index (χ0) is 14.6. The summed E-state index contributed by atoms with van der Waals surface area (Å²) in [5.74, 6) is 0. The van der Waals surface area contributed by atoms with E-state index in [1.807, 2.05) is 54.6 Å². The monoisotopic (exact) mass is 335 g/mol. The first-order valence-electron chi connectivity index (χ1n) is 6.35. The number of para-hydroxylation sites is 1. The van der Waals surface area contributed by atoms with Crippen LogP contribution in [0.1, 0.15) is 12.5 Å². The van der Waals surface area contributed by atoms with Gasteiger partial charge in [0.25, 0.3) is 6.47 Å². The van der Waals surface area contributed by atoms with Gasteiger partial charge in [0.15, 0.2) is 0 Å². The van der Waals surface area contributed by atoms with Crippen molar-refractivity contribution in [3.8, 4) is 0 Å². The molecule has 3 nitrogen and oxygen atoms in total. The van der Waals surface area contributed by atoms with Crippen LogP contribution in [-0.2, 0) is 16.1 Å². The minimum absolute atomic E-state index is 0.365. The lowest BCUT2D eigenvalue weighted by atomic mass is 10.2. The highest BCUT2D eigenvalue weighted by Crippen LogP contribution is 2.20. The molecule has 1 N–H and O–H groups in total. The molecule has 0 amide bonds. The van der Waals surface area contributed by atoms with Crippen LogP contribution in [0.25, 0.3) is 0 Å². The summed E-state index contributed by atoms with van der Waals surface area (Å²) in [5.41, 5.74) is 2.17. The van der Waals surface area contributed by atoms with Crippen molar-refractivity contribution in [3.63, 3.8) is 0 Å². The summed E-state index contributed by atoms with van der Waals surface area (Å²) in [5, 5.41) is 3.23. The molecule has 0 saturated carbocycles. The van der Waals surface area contributed by atoms with Gasteiger partial charge in [-0.05, 0) is 40.5 Å². The average molecular weight is 336 g/mol. The molecule has 0 unspecified atom stereocenters. The Balaban J connectivity index is 0.000000200. The zero-order valence-electron chi connectivity index (χ0n) is 11.4. The molecule has 0 aliphatic rings. The predicted molar refractivity (Wildman–Crippen MR) is 85.6 cm³/mol. The van der Waals surface area contributed by atoms with Crippen molar-refractivity contribution in [2.24, 2.45) is 0 Å². The largest absolute Gasteiger partial charge is 0.463 e. The number of hydrogen-bond donors (Lipinski definition) is 1. The smallest absolute Gasteiger partial charge is 0.293 e. The van der Waals surface area contributed by atoms with E-state index in [-0.39, 0.29) is 0 Å². The van der Waals surface area contributed by atoms with E-state index in [1.54, 1.807) is 0 Å². The summed E-state index contributed by atoms with van der Waals surface area (Å²) in [7, 11) is 0. The molecule has 106 valence electrons. The lowest BCUT2D eigenvalue weighted by Gasteiger charge is -2.03. The molecule has 4 heteroatoms. The van der Waals surface area contributed by atoms with Gasteiger partial charge in [-0.2, -0.15) is 0 Å². The SMILES string of the molecule is CCNc1ccccc1Br.O=COCc1ccccc1. The van der Waals surface area contributed by atoms with Gasteiger partial charge in [0.05, 0.1) is 0 Å². The molecule has 0 aliphatic carbocycles. The molecule has 0 aliphatic heterocycles. The second-order valence-corrected chi connectivity index (χ2v) is 4.76. The van der Waals surface area contributed by atoms with Gasteiger partial charge in [0, 0.05) is 16.7 Å². The minimum Gasteiger partial charge on any atom is -0.463 e. The number of nitrogens with one attached hydrogen (secondary N) is 1. The Hall–Kier alpha value is -1.81. The number of halogens is 1. The van der Waals surface area contributed by atoms with Gasteiger partial charge in [-0.3, -0.25) is 4.79 Å². The lowest BCUT2D eigenvalue weighted by molar-refractivity contribution is -0.129. The van der Waals surface area contributed by atoms with Crippen molar-refractivity contribution in [1.82, 2.24) is 0 Å². The minimum atomic E-state index is 0.365. The van der Waals surface area contributed by atoms with E-state index < -0.39 is 0 Å². The zero-order valence-corrected chi connectivity index (χ0v) is 13.0. The van der Waals surface area contributed by atoms with Crippen LogP contribution < -0.4 is 5.32 Å². The molecule has 0 bridgehead atoms. The lowest BCUT2D eigenvalue weighted by Crippen LogP contribution is -1.96. The van der Waals surface area contributed by atoms with Crippen LogP contribution in [0.2, 0.25) is 0 Å². The van der Waals surface area contributed by atoms with E-state index in [2.05, 4.69) is 32.9 Å². The Morgan fingerprint density at radius 1 is 1.10 bits per heavy atom. The summed E-state index contributed by atoms with van der Waals surface area (Å²) in [6.07, 6.45) is 0. The molecule has 0 heterocycles. The number of carbonyl (C=O) groups is 1. The Bertz CT molecular complexity index is 503. The molecule has 0 radical (unpaired) electrons. The van der Waals surface area contributed by atoms with Crippen LogP contribution in [0.3, 0.4) is 0 Å². The number of carbonyl (C=O) groups excluding carboxylic acids is 1. The fraction of sp³-hybridized carbons (Fsp3) is 0.188. The maximum absolute atomic E-state index is 9.76. The van der Waals surface area contributed by atoms with Gasteiger partial charge >= 0.3 is 0 Å². The van der Waals surface area contributed by atoms with E-state index in [0.717, 1.165) is 22.3 Å². The number of hydrogen-bond acceptors (Lipinski definition) is 3. The van der Waals surface area contributed by atoms with E-state index in [9.17, 15) is 4.79 Å². The maximum atomic E-state index is 9.76. The fourth-order valence-corrected chi connectivity index (χ4v) is 1.92. The number of anilines is 1. The Morgan fingerprint density at radius 3 is 2.35 bits per heavy atom. The molecule has 2 aromatic carbocycles. The summed E-state index contributed by atoms with van der Waals surface area (Å²) >= 11 is 3.43. The molecule has 0 spiro atoms. The van der Waals surface area contributed by atoms with Crippen LogP contribution in [0, 0.1) is 0 Å². The fourth-order valence-electron chi connectivity index (χ4n) is 1.50. The first-order valence-corrected chi connectivity index (χ1v) is 7.14. The molecule has 0 aromatic heterocycles. The first kappa shape index (κ1) is 16.2. The Labute approximate surface area is 128 Å². The van der Waals surface area contributed by atoms with Gasteiger partial charge in [0.1, 0.15) is 6.61 Å². The highest BCUT2D eigenvalue weighted by Gasteiger charge is 1.92. The van der Waals surface area contributed by atoms with Crippen molar-refractivity contribution >= 4 is 28.1 Å². The van der Waals surface area contributed by atoms with Crippen molar-refractivity contribution in [2.45, 2.75) is 13.5 Å². The molecule has 20 heavy (non-hydrogen) atoms. The van der Waals surface area contributed by atoms with E-state index in [4.69, 9.17) is 0 Å². The van der Waals surface area contributed by atoms with Crippen molar-refractivity contribution in [3.05, 3.63) is 64.6 Å². The Kier molecular flexibility index (Phi) is 8.15. The molecular formula is C16H18BrNO2. The molecular weight excluding hydrogens is 318 g/mol. The van der Waals surface area contributed by atoms with Gasteiger partial charge in [-0.15, -0.1) is 0 Å². The predicted octanol–water partition coefficient (Wildman–Crippen LogP) is 4.24. The van der Waals surface area contributed by atoms with E-state index in [0.29, 0.717) is 13.1 Å². The van der Waals surface area contributed by atoms with Crippen molar-refractivity contribution in [2.75, 3.05) is 11.9 Å². The quantitative estimate of drug-likeness (QED) is 0.830. The highest BCUT2D eigenvalue weighted by atomic mass is 79.9. The normalized spacial score (nSPS) is 9.10. The van der Waals surface area contributed by atoms with Crippen LogP contribution in [0.15, 0.2) is 59.1 Å². The average Bonchev–Trinajstić information content (AvgIpc) is 2.49. The number of rotatable bonds is 5. The number of ether oxygens (including phenoxy) is 1. The van der Waals surface area contributed by atoms with Gasteiger partial charge < -0.3 is 10.1 Å². The third-order valence-electron chi connectivity index (χ3n) is 2.40. The van der Waals surface area contributed by atoms with Gasteiger partial charge in [-0.1, -0.05) is 42.5 Å². The summed E-state index contributed by atoms with van der Waals surface area (Å²) < 4.78 is 5.66. The Morgan fingerprint density at radius 2 is 1.75 bits per heavy atom. The third kappa shape index (κ3) is 6.38. The van der Waals surface area contributed by atoms with Crippen LogP contribution >= 0.6 is 15.9 Å². The second-order valence-electron chi connectivity index (χ2n) is 3.90.